The molecule has 1 aromatic heterocycles. The Hall–Kier alpha value is -3.57. The summed E-state index contributed by atoms with van der Waals surface area (Å²) in [5.41, 5.74) is 3.52. The third-order valence-corrected chi connectivity index (χ3v) is 6.04. The third kappa shape index (κ3) is 5.41. The minimum atomic E-state index is -0.955. The van der Waals surface area contributed by atoms with Crippen molar-refractivity contribution in [2.24, 2.45) is 0 Å². The van der Waals surface area contributed by atoms with Crippen LogP contribution in [-0.2, 0) is 10.2 Å². The lowest BCUT2D eigenvalue weighted by Crippen LogP contribution is -2.31. The molecule has 35 heavy (non-hydrogen) atoms. The van der Waals surface area contributed by atoms with E-state index in [1.807, 2.05) is 55.5 Å². The molecule has 5 nitrogen and oxygen atoms in total. The topological polar surface area (TPSA) is 68.5 Å². The molecule has 3 aromatic carbocycles. The van der Waals surface area contributed by atoms with Gasteiger partial charge in [-0.1, -0.05) is 74.3 Å². The predicted octanol–water partition coefficient (Wildman–Crippen LogP) is 7.13. The number of benzene rings is 3. The molecule has 1 unspecified atom stereocenters. The summed E-state index contributed by atoms with van der Waals surface area (Å²) in [4.78, 5) is 26.3. The summed E-state index contributed by atoms with van der Waals surface area (Å²) in [5.74, 6) is -0.149. The zero-order valence-electron chi connectivity index (χ0n) is 20.4. The Balaban J connectivity index is 1.74. The van der Waals surface area contributed by atoms with Gasteiger partial charge in [-0.2, -0.15) is 0 Å². The van der Waals surface area contributed by atoms with Crippen LogP contribution >= 0.6 is 11.6 Å². The fourth-order valence-electron chi connectivity index (χ4n) is 3.68. The number of nitrogens with one attached hydrogen (secondary N) is 1. The maximum absolute atomic E-state index is 13.5. The van der Waals surface area contributed by atoms with Crippen molar-refractivity contribution < 1.29 is 13.9 Å². The summed E-state index contributed by atoms with van der Waals surface area (Å²) in [6, 6.07) is 20.1. The molecule has 0 bridgehead atoms. The Bertz CT molecular complexity index is 1430. The predicted molar refractivity (Wildman–Crippen MR) is 142 cm³/mol. The second-order valence-corrected chi connectivity index (χ2v) is 10.1. The molecule has 0 spiro atoms. The van der Waals surface area contributed by atoms with Crippen molar-refractivity contribution in [3.8, 4) is 17.1 Å². The van der Waals surface area contributed by atoms with Gasteiger partial charge in [-0.15, -0.1) is 0 Å². The Morgan fingerprint density at radius 2 is 1.66 bits per heavy atom. The second-order valence-electron chi connectivity index (χ2n) is 9.67. The van der Waals surface area contributed by atoms with Crippen molar-refractivity contribution >= 4 is 34.2 Å². The van der Waals surface area contributed by atoms with Crippen LogP contribution in [0.1, 0.15) is 38.8 Å². The lowest BCUT2D eigenvalue weighted by molar-refractivity contribution is -0.122. The highest BCUT2D eigenvalue weighted by atomic mass is 35.5. The van der Waals surface area contributed by atoms with Crippen molar-refractivity contribution in [1.29, 1.82) is 0 Å². The minimum absolute atomic E-state index is 0.0264. The van der Waals surface area contributed by atoms with Crippen LogP contribution in [0.5, 0.6) is 5.75 Å². The van der Waals surface area contributed by atoms with Crippen molar-refractivity contribution in [3.63, 3.8) is 0 Å². The van der Waals surface area contributed by atoms with E-state index in [1.165, 1.54) is 0 Å². The number of aryl methyl sites for hydroxylation is 1. The molecule has 6 heteroatoms. The van der Waals surface area contributed by atoms with Crippen LogP contribution < -0.4 is 15.5 Å². The van der Waals surface area contributed by atoms with Gasteiger partial charge in [0.2, 0.25) is 11.2 Å². The van der Waals surface area contributed by atoms with E-state index in [4.69, 9.17) is 20.8 Å². The number of hydrogen-bond acceptors (Lipinski definition) is 4. The maximum Gasteiger partial charge on any atom is 0.265 e. The molecule has 0 aliphatic rings. The Morgan fingerprint density at radius 3 is 2.29 bits per heavy atom. The highest BCUT2D eigenvalue weighted by Gasteiger charge is 2.24. The fourth-order valence-corrected chi connectivity index (χ4v) is 3.85. The van der Waals surface area contributed by atoms with Gasteiger partial charge in [0.15, 0.2) is 11.9 Å². The first kappa shape index (κ1) is 24.6. The van der Waals surface area contributed by atoms with E-state index < -0.39 is 11.5 Å². The number of hydrogen-bond donors (Lipinski definition) is 1. The highest BCUT2D eigenvalue weighted by molar-refractivity contribution is 6.31. The first-order chi connectivity index (χ1) is 16.5. The summed E-state index contributed by atoms with van der Waals surface area (Å²) in [5, 5.41) is 3.51. The summed E-state index contributed by atoms with van der Waals surface area (Å²) in [6.07, 6.45) is -0.955. The van der Waals surface area contributed by atoms with Gasteiger partial charge in [-0.25, -0.2) is 0 Å². The van der Waals surface area contributed by atoms with E-state index >= 15 is 0 Å². The SMILES string of the molecule is Cc1ccc(NC(=O)C(C)Oc2c(-c3ccc(C(C)(C)C)cc3)oc3ccc(Cl)cc3c2=O)cc1. The Kier molecular flexibility index (Phi) is 6.73. The monoisotopic (exact) mass is 489 g/mol. The molecular weight excluding hydrogens is 462 g/mol. The molecule has 0 aliphatic heterocycles. The molecule has 1 heterocycles. The van der Waals surface area contributed by atoms with E-state index in [0.717, 1.165) is 11.1 Å². The average molecular weight is 490 g/mol. The molecule has 0 fully saturated rings. The van der Waals surface area contributed by atoms with Crippen molar-refractivity contribution in [2.75, 3.05) is 5.32 Å². The first-order valence-electron chi connectivity index (χ1n) is 11.4. The second kappa shape index (κ2) is 9.59. The van der Waals surface area contributed by atoms with E-state index in [2.05, 4.69) is 26.1 Å². The molecule has 0 aliphatic carbocycles. The Morgan fingerprint density at radius 1 is 1.00 bits per heavy atom. The molecule has 0 saturated heterocycles. The third-order valence-electron chi connectivity index (χ3n) is 5.81. The van der Waals surface area contributed by atoms with Crippen LogP contribution in [0.15, 0.2) is 75.9 Å². The Labute approximate surface area is 209 Å². The van der Waals surface area contributed by atoms with Crippen molar-refractivity contribution in [1.82, 2.24) is 0 Å². The molecule has 0 saturated carbocycles. The summed E-state index contributed by atoms with van der Waals surface area (Å²) < 4.78 is 12.1. The lowest BCUT2D eigenvalue weighted by Gasteiger charge is -2.20. The highest BCUT2D eigenvalue weighted by Crippen LogP contribution is 2.34. The zero-order valence-corrected chi connectivity index (χ0v) is 21.2. The number of amides is 1. The van der Waals surface area contributed by atoms with E-state index in [9.17, 15) is 9.59 Å². The van der Waals surface area contributed by atoms with Gasteiger partial charge >= 0.3 is 0 Å². The minimum Gasteiger partial charge on any atom is -0.473 e. The van der Waals surface area contributed by atoms with Gasteiger partial charge in [-0.3, -0.25) is 9.59 Å². The van der Waals surface area contributed by atoms with Crippen LogP contribution in [0, 0.1) is 6.92 Å². The molecule has 4 aromatic rings. The van der Waals surface area contributed by atoms with Crippen LogP contribution in [0.3, 0.4) is 0 Å². The van der Waals surface area contributed by atoms with Gasteiger partial charge in [0.05, 0.1) is 5.39 Å². The van der Waals surface area contributed by atoms with Crippen LogP contribution in [0.4, 0.5) is 5.69 Å². The standard InChI is InChI=1S/C29H28ClNO4/c1-17-6-13-22(14-7-17)31-28(33)18(2)34-27-25(32)23-16-21(30)12-15-24(23)35-26(27)19-8-10-20(11-9-19)29(3,4)5/h6-16,18H,1-5H3,(H,31,33). The molecule has 1 amide bonds. The smallest absolute Gasteiger partial charge is 0.265 e. The molecule has 180 valence electrons. The molecule has 1 atom stereocenters. The quantitative estimate of drug-likeness (QED) is 0.324. The maximum atomic E-state index is 13.5. The van der Waals surface area contributed by atoms with Gasteiger partial charge in [-0.05, 0) is 55.2 Å². The number of fused-ring (bicyclic) bond motifs is 1. The van der Waals surface area contributed by atoms with Gasteiger partial charge < -0.3 is 14.5 Å². The number of carbonyl (C=O) groups is 1. The number of rotatable bonds is 5. The van der Waals surface area contributed by atoms with Crippen molar-refractivity contribution in [2.45, 2.75) is 46.1 Å². The summed E-state index contributed by atoms with van der Waals surface area (Å²) >= 11 is 6.13. The summed E-state index contributed by atoms with van der Waals surface area (Å²) in [7, 11) is 0. The van der Waals surface area contributed by atoms with Crippen LogP contribution in [0.2, 0.25) is 5.02 Å². The van der Waals surface area contributed by atoms with Gasteiger partial charge in [0.1, 0.15) is 5.58 Å². The number of anilines is 1. The molecule has 0 radical (unpaired) electrons. The largest absolute Gasteiger partial charge is 0.473 e. The van der Waals surface area contributed by atoms with Crippen LogP contribution in [-0.4, -0.2) is 12.0 Å². The molecule has 4 rings (SSSR count). The van der Waals surface area contributed by atoms with Crippen molar-refractivity contribution in [3.05, 3.63) is 93.1 Å². The zero-order chi connectivity index (χ0) is 25.3. The van der Waals surface area contributed by atoms with E-state index in [-0.39, 0.29) is 28.2 Å². The van der Waals surface area contributed by atoms with E-state index in [1.54, 1.807) is 25.1 Å². The number of ether oxygens (including phenoxy) is 1. The normalized spacial score (nSPS) is 12.4. The first-order valence-corrected chi connectivity index (χ1v) is 11.8. The van der Waals surface area contributed by atoms with E-state index in [0.29, 0.717) is 21.9 Å². The van der Waals surface area contributed by atoms with Gasteiger partial charge in [0, 0.05) is 16.3 Å². The fraction of sp³-hybridized carbons (Fsp3) is 0.241. The average Bonchev–Trinajstić information content (AvgIpc) is 2.82. The summed E-state index contributed by atoms with van der Waals surface area (Å²) in [6.45, 7) is 9.95. The number of carbonyl (C=O) groups excluding carboxylic acids is 1. The molecule has 1 N–H and O–H groups in total. The lowest BCUT2D eigenvalue weighted by atomic mass is 9.86. The van der Waals surface area contributed by atoms with Gasteiger partial charge in [0.25, 0.3) is 5.91 Å². The molecular formula is C29H28ClNO4. The van der Waals surface area contributed by atoms with Crippen LogP contribution in [0.25, 0.3) is 22.3 Å². The number of halogens is 1.